The number of carbonyl (C=O) groups is 2. The van der Waals surface area contributed by atoms with Crippen molar-refractivity contribution < 1.29 is 27.6 Å². The second-order valence-corrected chi connectivity index (χ2v) is 3.59. The van der Waals surface area contributed by atoms with Crippen LogP contribution in [-0.2, 0) is 14.4 Å². The van der Waals surface area contributed by atoms with Gasteiger partial charge >= 0.3 is 12.1 Å². The highest BCUT2D eigenvalue weighted by Gasteiger charge is 2.42. The zero-order chi connectivity index (χ0) is 12.9. The summed E-state index contributed by atoms with van der Waals surface area (Å²) in [4.78, 5) is 24.8. The second kappa shape index (κ2) is 5.69. The number of carbonyl (C=O) groups excluding carboxylic acids is 2. The van der Waals surface area contributed by atoms with Crippen LogP contribution in [0.5, 0.6) is 0 Å². The summed E-state index contributed by atoms with van der Waals surface area (Å²) in [5.41, 5.74) is 6.62. The van der Waals surface area contributed by atoms with Gasteiger partial charge in [-0.2, -0.15) is 13.2 Å². The normalized spacial score (nSPS) is 13.6. The van der Waals surface area contributed by atoms with Gasteiger partial charge < -0.3 is 10.6 Å². The lowest BCUT2D eigenvalue weighted by molar-refractivity contribution is -0.208. The van der Waals surface area contributed by atoms with Crippen LogP contribution in [0.25, 0.3) is 0 Å². The molecule has 0 aliphatic carbocycles. The summed E-state index contributed by atoms with van der Waals surface area (Å²) < 4.78 is 35.2. The smallest absolute Gasteiger partial charge is 0.368 e. The van der Waals surface area contributed by atoms with E-state index in [9.17, 15) is 22.8 Å². The molecule has 0 saturated heterocycles. The Kier molecular flexibility index (Phi) is 5.22. The highest BCUT2D eigenvalue weighted by atomic mass is 19.4. The highest BCUT2D eigenvalue weighted by Crippen LogP contribution is 2.16. The first-order chi connectivity index (χ1) is 7.14. The molecule has 0 aromatic rings. The molecule has 0 aromatic carbocycles. The number of amides is 1. The molecule has 0 radical (unpaired) electrons. The summed E-state index contributed by atoms with van der Waals surface area (Å²) in [7, 11) is 0. The van der Waals surface area contributed by atoms with Crippen molar-refractivity contribution >= 4 is 11.9 Å². The van der Waals surface area contributed by atoms with Gasteiger partial charge in [-0.05, 0) is 12.3 Å². The number of hydrogen-bond donors (Lipinski definition) is 2. The van der Waals surface area contributed by atoms with Gasteiger partial charge in [0.15, 0.2) is 0 Å². The van der Waals surface area contributed by atoms with Gasteiger partial charge in [0.1, 0.15) is 6.04 Å². The standard InChI is InChI=1S/C8H13F3N2O3/c1-4(2)3-5(6(12)14)13-16-7(15)8(9,10)11/h4-5,13H,3H2,1-2H3,(H2,12,14)/t5-/m1/s1. The van der Waals surface area contributed by atoms with E-state index in [0.717, 1.165) is 0 Å². The van der Waals surface area contributed by atoms with Gasteiger partial charge in [-0.15, -0.1) is 5.48 Å². The molecule has 0 saturated carbocycles. The number of rotatable bonds is 5. The number of nitrogens with one attached hydrogen (secondary N) is 1. The Labute approximate surface area is 90.1 Å². The quantitative estimate of drug-likeness (QED) is 0.688. The van der Waals surface area contributed by atoms with Gasteiger partial charge in [-0.25, -0.2) is 4.79 Å². The Balaban J connectivity index is 4.23. The van der Waals surface area contributed by atoms with Crippen LogP contribution in [0.15, 0.2) is 0 Å². The number of primary amides is 1. The van der Waals surface area contributed by atoms with Crippen molar-refractivity contribution in [2.24, 2.45) is 11.7 Å². The third-order valence-electron chi connectivity index (χ3n) is 1.58. The molecular weight excluding hydrogens is 229 g/mol. The zero-order valence-corrected chi connectivity index (χ0v) is 8.80. The minimum Gasteiger partial charge on any atom is -0.368 e. The van der Waals surface area contributed by atoms with Gasteiger partial charge in [0.25, 0.3) is 0 Å². The molecular formula is C8H13F3N2O3. The fourth-order valence-electron chi connectivity index (χ4n) is 0.876. The topological polar surface area (TPSA) is 81.4 Å². The summed E-state index contributed by atoms with van der Waals surface area (Å²) >= 11 is 0. The van der Waals surface area contributed by atoms with E-state index in [1.54, 1.807) is 19.3 Å². The van der Waals surface area contributed by atoms with E-state index < -0.39 is 24.1 Å². The maximum Gasteiger partial charge on any atom is 0.492 e. The summed E-state index contributed by atoms with van der Waals surface area (Å²) in [5.74, 6) is -3.29. The van der Waals surface area contributed by atoms with Crippen molar-refractivity contribution in [1.29, 1.82) is 0 Å². The summed E-state index contributed by atoms with van der Waals surface area (Å²) in [5, 5.41) is 0. The number of nitrogens with two attached hydrogens (primary N) is 1. The Hall–Kier alpha value is -1.31. The molecule has 0 aliphatic rings. The molecule has 0 unspecified atom stereocenters. The summed E-state index contributed by atoms with van der Waals surface area (Å²) in [6.45, 7) is 3.48. The van der Waals surface area contributed by atoms with Crippen LogP contribution in [-0.4, -0.2) is 24.1 Å². The molecule has 0 heterocycles. The van der Waals surface area contributed by atoms with E-state index in [2.05, 4.69) is 4.84 Å². The van der Waals surface area contributed by atoms with Crippen LogP contribution in [0.3, 0.4) is 0 Å². The number of alkyl halides is 3. The number of hydroxylamine groups is 1. The van der Waals surface area contributed by atoms with Crippen LogP contribution in [0.4, 0.5) is 13.2 Å². The first-order valence-electron chi connectivity index (χ1n) is 4.47. The summed E-state index contributed by atoms with van der Waals surface area (Å²) in [6, 6.07) is -1.13. The van der Waals surface area contributed by atoms with Crippen molar-refractivity contribution in [3.05, 3.63) is 0 Å². The predicted octanol–water partition coefficient (Wildman–Crippen LogP) is 0.496. The summed E-state index contributed by atoms with van der Waals surface area (Å²) in [6.07, 6.45) is -4.94. The Morgan fingerprint density at radius 2 is 1.88 bits per heavy atom. The average Bonchev–Trinajstić information content (AvgIpc) is 2.08. The van der Waals surface area contributed by atoms with Crippen molar-refractivity contribution in [1.82, 2.24) is 5.48 Å². The molecule has 0 rings (SSSR count). The van der Waals surface area contributed by atoms with Crippen molar-refractivity contribution in [2.75, 3.05) is 0 Å². The molecule has 3 N–H and O–H groups in total. The first kappa shape index (κ1) is 14.7. The average molecular weight is 242 g/mol. The van der Waals surface area contributed by atoms with Crippen molar-refractivity contribution in [3.63, 3.8) is 0 Å². The minimum atomic E-state index is -5.10. The number of halogens is 3. The molecule has 0 bridgehead atoms. The van der Waals surface area contributed by atoms with E-state index in [1.165, 1.54) is 0 Å². The maximum atomic E-state index is 11.7. The largest absolute Gasteiger partial charge is 0.492 e. The van der Waals surface area contributed by atoms with Gasteiger partial charge in [-0.1, -0.05) is 13.8 Å². The molecule has 1 atom stereocenters. The van der Waals surface area contributed by atoms with E-state index in [0.29, 0.717) is 0 Å². The molecule has 16 heavy (non-hydrogen) atoms. The molecule has 1 amide bonds. The minimum absolute atomic E-state index is 0.00888. The van der Waals surface area contributed by atoms with Crippen LogP contribution in [0, 0.1) is 5.92 Å². The van der Waals surface area contributed by atoms with Gasteiger partial charge in [0.2, 0.25) is 5.91 Å². The Bertz CT molecular complexity index is 266. The molecule has 0 aliphatic heterocycles. The van der Waals surface area contributed by atoms with Crippen LogP contribution in [0.2, 0.25) is 0 Å². The van der Waals surface area contributed by atoms with E-state index in [4.69, 9.17) is 5.73 Å². The third kappa shape index (κ3) is 5.54. The van der Waals surface area contributed by atoms with Crippen molar-refractivity contribution in [3.8, 4) is 0 Å². The molecule has 8 heteroatoms. The highest BCUT2D eigenvalue weighted by molar-refractivity contribution is 5.80. The van der Waals surface area contributed by atoms with Gasteiger partial charge in [-0.3, -0.25) is 4.79 Å². The molecule has 94 valence electrons. The van der Waals surface area contributed by atoms with Gasteiger partial charge in [0.05, 0.1) is 0 Å². The third-order valence-corrected chi connectivity index (χ3v) is 1.58. The van der Waals surface area contributed by atoms with E-state index in [1.807, 2.05) is 0 Å². The van der Waals surface area contributed by atoms with Crippen molar-refractivity contribution in [2.45, 2.75) is 32.5 Å². The van der Waals surface area contributed by atoms with E-state index >= 15 is 0 Å². The lowest BCUT2D eigenvalue weighted by atomic mass is 10.0. The van der Waals surface area contributed by atoms with Gasteiger partial charge in [0, 0.05) is 0 Å². The molecule has 0 aromatic heterocycles. The van der Waals surface area contributed by atoms with Crippen LogP contribution < -0.4 is 11.2 Å². The molecule has 0 spiro atoms. The van der Waals surface area contributed by atoms with Crippen LogP contribution in [0.1, 0.15) is 20.3 Å². The van der Waals surface area contributed by atoms with E-state index in [-0.39, 0.29) is 12.3 Å². The Morgan fingerprint density at radius 3 is 2.19 bits per heavy atom. The number of hydrogen-bond acceptors (Lipinski definition) is 4. The Morgan fingerprint density at radius 1 is 1.38 bits per heavy atom. The predicted molar refractivity (Wildman–Crippen MR) is 47.7 cm³/mol. The molecule has 0 fully saturated rings. The van der Waals surface area contributed by atoms with Crippen LogP contribution >= 0.6 is 0 Å². The fourth-order valence-corrected chi connectivity index (χ4v) is 0.876. The maximum absolute atomic E-state index is 11.7. The monoisotopic (exact) mass is 242 g/mol. The lowest BCUT2D eigenvalue weighted by Crippen LogP contribution is -2.45. The second-order valence-electron chi connectivity index (χ2n) is 3.59. The SMILES string of the molecule is CC(C)C[C@@H](NOC(=O)C(F)(F)F)C(N)=O. The molecule has 5 nitrogen and oxygen atoms in total. The first-order valence-corrected chi connectivity index (χ1v) is 4.47. The fraction of sp³-hybridized carbons (Fsp3) is 0.750. The lowest BCUT2D eigenvalue weighted by Gasteiger charge is -2.16. The zero-order valence-electron chi connectivity index (χ0n) is 8.80.